The van der Waals surface area contributed by atoms with Crippen LogP contribution in [-0.4, -0.2) is 29.8 Å². The molecular weight excluding hydrogens is 213 g/mol. The first kappa shape index (κ1) is 10.9. The summed E-state index contributed by atoms with van der Waals surface area (Å²) < 4.78 is 18.0. The second-order valence-electron chi connectivity index (χ2n) is 3.83. The number of hydrogen-bond donors (Lipinski definition) is 2. The molecule has 0 aliphatic carbocycles. The predicted molar refractivity (Wildman–Crippen MR) is 55.8 cm³/mol. The zero-order valence-corrected chi connectivity index (χ0v) is 8.57. The van der Waals surface area contributed by atoms with Crippen LogP contribution in [0.4, 0.5) is 10.1 Å². The van der Waals surface area contributed by atoms with Crippen LogP contribution >= 0.6 is 0 Å². The van der Waals surface area contributed by atoms with Crippen molar-refractivity contribution >= 4 is 11.7 Å². The van der Waals surface area contributed by atoms with Crippen molar-refractivity contribution in [3.8, 4) is 0 Å². The molecule has 1 saturated heterocycles. The van der Waals surface area contributed by atoms with Gasteiger partial charge in [0.2, 0.25) is 0 Å². The molecule has 2 rings (SSSR count). The van der Waals surface area contributed by atoms with E-state index in [-0.39, 0.29) is 6.61 Å². The average molecular weight is 225 g/mol. The number of carboxylic acids is 1. The van der Waals surface area contributed by atoms with Gasteiger partial charge in [-0.3, -0.25) is 0 Å². The predicted octanol–water partition coefficient (Wildman–Crippen LogP) is 1.48. The molecule has 1 aliphatic heterocycles. The maximum absolute atomic E-state index is 12.9. The monoisotopic (exact) mass is 225 g/mol. The Bertz CT molecular complexity index is 402. The van der Waals surface area contributed by atoms with Gasteiger partial charge in [0.05, 0.1) is 6.61 Å². The van der Waals surface area contributed by atoms with E-state index in [1.807, 2.05) is 0 Å². The van der Waals surface area contributed by atoms with Crippen molar-refractivity contribution in [1.29, 1.82) is 0 Å². The lowest BCUT2D eigenvalue weighted by Gasteiger charge is -2.24. The quantitative estimate of drug-likeness (QED) is 0.818. The molecule has 1 aromatic rings. The summed E-state index contributed by atoms with van der Waals surface area (Å²) in [7, 11) is 0. The molecule has 86 valence electrons. The molecule has 16 heavy (non-hydrogen) atoms. The van der Waals surface area contributed by atoms with Gasteiger partial charge in [-0.15, -0.1) is 0 Å². The number of carboxylic acid groups (broad SMARTS) is 1. The van der Waals surface area contributed by atoms with E-state index < -0.39 is 17.3 Å². The number of hydrogen-bond acceptors (Lipinski definition) is 3. The summed E-state index contributed by atoms with van der Waals surface area (Å²) in [5, 5.41) is 12.0. The minimum Gasteiger partial charge on any atom is -0.479 e. The van der Waals surface area contributed by atoms with E-state index in [1.54, 1.807) is 6.07 Å². The minimum absolute atomic E-state index is 0.0961. The summed E-state index contributed by atoms with van der Waals surface area (Å²) in [5.74, 6) is -1.38. The normalized spacial score (nSPS) is 24.3. The third-order valence-corrected chi connectivity index (χ3v) is 2.64. The summed E-state index contributed by atoms with van der Waals surface area (Å²) in [6, 6.07) is 5.74. The van der Waals surface area contributed by atoms with Crippen LogP contribution in [0.5, 0.6) is 0 Å². The van der Waals surface area contributed by atoms with Crippen molar-refractivity contribution < 1.29 is 19.0 Å². The highest BCUT2D eigenvalue weighted by molar-refractivity contribution is 5.83. The van der Waals surface area contributed by atoms with Crippen molar-refractivity contribution in [2.24, 2.45) is 0 Å². The van der Waals surface area contributed by atoms with E-state index in [2.05, 4.69) is 5.32 Å². The van der Waals surface area contributed by atoms with Gasteiger partial charge in [-0.25, -0.2) is 9.18 Å². The highest BCUT2D eigenvalue weighted by atomic mass is 19.1. The zero-order chi connectivity index (χ0) is 11.6. The Labute approximate surface area is 92.0 Å². The fourth-order valence-electron chi connectivity index (χ4n) is 1.73. The van der Waals surface area contributed by atoms with Crippen LogP contribution in [-0.2, 0) is 9.53 Å². The number of halogens is 1. The summed E-state index contributed by atoms with van der Waals surface area (Å²) >= 11 is 0. The van der Waals surface area contributed by atoms with Crippen molar-refractivity contribution in [3.05, 3.63) is 30.1 Å². The third kappa shape index (κ3) is 1.99. The molecule has 0 unspecified atom stereocenters. The molecule has 0 amide bonds. The fraction of sp³-hybridized carbons (Fsp3) is 0.364. The van der Waals surface area contributed by atoms with Crippen LogP contribution in [0.2, 0.25) is 0 Å². The molecular formula is C11H12FNO3. The highest BCUT2D eigenvalue weighted by Gasteiger charge is 2.42. The number of ether oxygens (including phenoxy) is 1. The van der Waals surface area contributed by atoms with Gasteiger partial charge in [0.1, 0.15) is 5.82 Å². The van der Waals surface area contributed by atoms with Crippen LogP contribution in [0.15, 0.2) is 24.3 Å². The first-order valence-corrected chi connectivity index (χ1v) is 4.97. The molecule has 1 atom stereocenters. The van der Waals surface area contributed by atoms with Crippen LogP contribution in [0.25, 0.3) is 0 Å². The van der Waals surface area contributed by atoms with Gasteiger partial charge in [0.15, 0.2) is 5.54 Å². The van der Waals surface area contributed by atoms with Gasteiger partial charge >= 0.3 is 5.97 Å². The summed E-state index contributed by atoms with van der Waals surface area (Å²) in [6.45, 7) is 0.494. The Morgan fingerprint density at radius 1 is 1.56 bits per heavy atom. The second-order valence-corrected chi connectivity index (χ2v) is 3.83. The SMILES string of the molecule is O=C(O)[C@@]1(Nc2cccc(F)c2)CCOC1. The van der Waals surface area contributed by atoms with E-state index in [0.717, 1.165) is 0 Å². The summed E-state index contributed by atoms with van der Waals surface area (Å²) in [5.41, 5.74) is -0.679. The summed E-state index contributed by atoms with van der Waals surface area (Å²) in [4.78, 5) is 11.2. The average Bonchev–Trinajstić information content (AvgIpc) is 2.67. The standard InChI is InChI=1S/C11H12FNO3/c12-8-2-1-3-9(6-8)13-11(10(14)15)4-5-16-7-11/h1-3,6,13H,4-5,7H2,(H,14,15)/t11-/m1/s1. The van der Waals surface area contributed by atoms with Crippen LogP contribution in [0, 0.1) is 5.82 Å². The number of anilines is 1. The lowest BCUT2D eigenvalue weighted by atomic mass is 9.98. The molecule has 4 nitrogen and oxygen atoms in total. The first-order valence-electron chi connectivity index (χ1n) is 4.97. The molecule has 0 radical (unpaired) electrons. The van der Waals surface area contributed by atoms with Crippen LogP contribution in [0.1, 0.15) is 6.42 Å². The molecule has 0 bridgehead atoms. The van der Waals surface area contributed by atoms with Gasteiger partial charge in [-0.05, 0) is 18.2 Å². The van der Waals surface area contributed by atoms with Gasteiger partial charge in [0, 0.05) is 18.7 Å². The van der Waals surface area contributed by atoms with E-state index in [0.29, 0.717) is 18.7 Å². The Balaban J connectivity index is 2.21. The highest BCUT2D eigenvalue weighted by Crippen LogP contribution is 2.25. The maximum Gasteiger partial charge on any atom is 0.331 e. The minimum atomic E-state index is -1.13. The summed E-state index contributed by atoms with van der Waals surface area (Å²) in [6.07, 6.45) is 0.374. The maximum atomic E-state index is 12.9. The van der Waals surface area contributed by atoms with Gasteiger partial charge in [0.25, 0.3) is 0 Å². The van der Waals surface area contributed by atoms with Crippen molar-refractivity contribution in [3.63, 3.8) is 0 Å². The number of benzene rings is 1. The van der Waals surface area contributed by atoms with Crippen molar-refractivity contribution in [2.75, 3.05) is 18.5 Å². The molecule has 1 aromatic carbocycles. The topological polar surface area (TPSA) is 58.6 Å². The molecule has 5 heteroatoms. The number of rotatable bonds is 3. The number of nitrogens with one attached hydrogen (secondary N) is 1. The van der Waals surface area contributed by atoms with Gasteiger partial charge in [-0.2, -0.15) is 0 Å². The number of carbonyl (C=O) groups is 1. The lowest BCUT2D eigenvalue weighted by Crippen LogP contribution is -2.47. The molecule has 1 fully saturated rings. The molecule has 1 aliphatic rings. The van der Waals surface area contributed by atoms with Crippen molar-refractivity contribution in [1.82, 2.24) is 0 Å². The Morgan fingerprint density at radius 2 is 2.38 bits per heavy atom. The number of aliphatic carboxylic acids is 1. The van der Waals surface area contributed by atoms with Crippen LogP contribution < -0.4 is 5.32 Å². The van der Waals surface area contributed by atoms with Crippen LogP contribution in [0.3, 0.4) is 0 Å². The molecule has 1 heterocycles. The van der Waals surface area contributed by atoms with E-state index in [9.17, 15) is 9.18 Å². The molecule has 0 spiro atoms. The third-order valence-electron chi connectivity index (χ3n) is 2.64. The Kier molecular flexibility index (Phi) is 2.78. The first-order chi connectivity index (χ1) is 7.62. The Morgan fingerprint density at radius 3 is 2.94 bits per heavy atom. The second kappa shape index (κ2) is 4.09. The van der Waals surface area contributed by atoms with Gasteiger partial charge in [-0.1, -0.05) is 6.07 Å². The van der Waals surface area contributed by atoms with E-state index in [4.69, 9.17) is 9.84 Å². The molecule has 0 aromatic heterocycles. The molecule has 0 saturated carbocycles. The smallest absolute Gasteiger partial charge is 0.331 e. The van der Waals surface area contributed by atoms with E-state index in [1.165, 1.54) is 18.2 Å². The largest absolute Gasteiger partial charge is 0.479 e. The van der Waals surface area contributed by atoms with Crippen molar-refractivity contribution in [2.45, 2.75) is 12.0 Å². The van der Waals surface area contributed by atoms with E-state index >= 15 is 0 Å². The lowest BCUT2D eigenvalue weighted by molar-refractivity contribution is -0.142. The zero-order valence-electron chi connectivity index (χ0n) is 8.57. The Hall–Kier alpha value is -1.62. The fourth-order valence-corrected chi connectivity index (χ4v) is 1.73. The molecule has 2 N–H and O–H groups in total. The van der Waals surface area contributed by atoms with Gasteiger partial charge < -0.3 is 15.2 Å².